The van der Waals surface area contributed by atoms with Crippen LogP contribution in [0.15, 0.2) is 30.5 Å². The summed E-state index contributed by atoms with van der Waals surface area (Å²) in [6, 6.07) is 8.76. The van der Waals surface area contributed by atoms with Gasteiger partial charge in [-0.3, -0.25) is 0 Å². The number of nitrogens with one attached hydrogen (secondary N) is 1. The molecule has 0 aliphatic heterocycles. The Bertz CT molecular complexity index is 533. The summed E-state index contributed by atoms with van der Waals surface area (Å²) in [7, 11) is 0. The first-order valence-corrected chi connectivity index (χ1v) is 6.81. The average molecular weight is 241 g/mol. The normalized spacial score (nSPS) is 24.1. The van der Waals surface area contributed by atoms with Gasteiger partial charge in [-0.2, -0.15) is 10.2 Å². The fourth-order valence-electron chi connectivity index (χ4n) is 2.85. The van der Waals surface area contributed by atoms with Gasteiger partial charge in [-0.05, 0) is 24.8 Å². The molecule has 1 aromatic carbocycles. The van der Waals surface area contributed by atoms with Crippen molar-refractivity contribution in [3.63, 3.8) is 0 Å². The van der Waals surface area contributed by atoms with E-state index in [0.29, 0.717) is 6.04 Å². The molecule has 18 heavy (non-hydrogen) atoms. The van der Waals surface area contributed by atoms with Gasteiger partial charge in [-0.15, -0.1) is 0 Å². The van der Waals surface area contributed by atoms with E-state index in [1.807, 2.05) is 18.3 Å². The van der Waals surface area contributed by atoms with Crippen molar-refractivity contribution in [2.75, 3.05) is 5.32 Å². The van der Waals surface area contributed by atoms with Gasteiger partial charge in [0.15, 0.2) is 0 Å². The second-order valence-corrected chi connectivity index (χ2v) is 5.29. The summed E-state index contributed by atoms with van der Waals surface area (Å²) in [5.74, 6) is 0.741. The molecule has 1 heterocycles. The number of fused-ring (bicyclic) bond motifs is 1. The molecular formula is C15H19N3. The molecule has 0 amide bonds. The second kappa shape index (κ2) is 4.92. The molecule has 1 aromatic heterocycles. The summed E-state index contributed by atoms with van der Waals surface area (Å²) >= 11 is 0. The molecule has 0 spiro atoms. The Labute approximate surface area is 108 Å². The number of anilines is 1. The van der Waals surface area contributed by atoms with E-state index >= 15 is 0 Å². The predicted molar refractivity (Wildman–Crippen MR) is 74.6 cm³/mol. The van der Waals surface area contributed by atoms with Crippen LogP contribution in [-0.4, -0.2) is 16.2 Å². The minimum atomic E-state index is 0.575. The number of aromatic nitrogens is 2. The molecule has 3 nitrogen and oxygen atoms in total. The summed E-state index contributed by atoms with van der Waals surface area (Å²) in [5, 5.41) is 13.1. The molecule has 1 aliphatic carbocycles. The highest BCUT2D eigenvalue weighted by molar-refractivity contribution is 5.90. The molecule has 1 N–H and O–H groups in total. The van der Waals surface area contributed by atoms with Crippen molar-refractivity contribution in [3.8, 4) is 0 Å². The summed E-state index contributed by atoms with van der Waals surface area (Å²) in [5.41, 5.74) is 2.09. The van der Waals surface area contributed by atoms with Crippen LogP contribution in [0.3, 0.4) is 0 Å². The highest BCUT2D eigenvalue weighted by atomic mass is 15.1. The van der Waals surface area contributed by atoms with Crippen LogP contribution in [0, 0.1) is 5.92 Å². The van der Waals surface area contributed by atoms with E-state index in [1.165, 1.54) is 31.1 Å². The molecule has 0 radical (unpaired) electrons. The Morgan fingerprint density at radius 3 is 2.89 bits per heavy atom. The number of hydrogen-bond donors (Lipinski definition) is 1. The molecule has 1 saturated carbocycles. The lowest BCUT2D eigenvalue weighted by molar-refractivity contribution is 0.349. The molecule has 1 fully saturated rings. The van der Waals surface area contributed by atoms with Gasteiger partial charge in [0.1, 0.15) is 0 Å². The van der Waals surface area contributed by atoms with Crippen molar-refractivity contribution in [1.82, 2.24) is 10.2 Å². The van der Waals surface area contributed by atoms with E-state index in [2.05, 4.69) is 34.6 Å². The Hall–Kier alpha value is -1.64. The Morgan fingerprint density at radius 1 is 1.17 bits per heavy atom. The van der Waals surface area contributed by atoms with Gasteiger partial charge >= 0.3 is 0 Å². The van der Waals surface area contributed by atoms with Crippen molar-refractivity contribution in [2.45, 2.75) is 38.6 Å². The molecule has 3 rings (SSSR count). The molecule has 2 aromatic rings. The smallest absolute Gasteiger partial charge is 0.0950 e. The SMILES string of the molecule is CC1CCCCC1Nc1cnnc2ccccc12. The maximum absolute atomic E-state index is 4.16. The van der Waals surface area contributed by atoms with E-state index in [4.69, 9.17) is 0 Å². The second-order valence-electron chi connectivity index (χ2n) is 5.29. The van der Waals surface area contributed by atoms with Crippen molar-refractivity contribution < 1.29 is 0 Å². The molecule has 0 bridgehead atoms. The minimum Gasteiger partial charge on any atom is -0.380 e. The third-order valence-electron chi connectivity index (χ3n) is 4.00. The Balaban J connectivity index is 1.90. The fourth-order valence-corrected chi connectivity index (χ4v) is 2.85. The fraction of sp³-hybridized carbons (Fsp3) is 0.467. The quantitative estimate of drug-likeness (QED) is 0.872. The zero-order chi connectivity index (χ0) is 12.4. The predicted octanol–water partition coefficient (Wildman–Crippen LogP) is 3.62. The first kappa shape index (κ1) is 11.5. The maximum atomic E-state index is 4.16. The van der Waals surface area contributed by atoms with Crippen LogP contribution in [0.2, 0.25) is 0 Å². The van der Waals surface area contributed by atoms with Gasteiger partial charge in [-0.1, -0.05) is 38.0 Å². The molecule has 1 aliphatic rings. The lowest BCUT2D eigenvalue weighted by Crippen LogP contribution is -2.30. The first-order valence-electron chi connectivity index (χ1n) is 6.81. The van der Waals surface area contributed by atoms with Gasteiger partial charge in [-0.25, -0.2) is 0 Å². The van der Waals surface area contributed by atoms with E-state index in [0.717, 1.165) is 17.1 Å². The van der Waals surface area contributed by atoms with Gasteiger partial charge in [0.2, 0.25) is 0 Å². The van der Waals surface area contributed by atoms with Crippen molar-refractivity contribution in [3.05, 3.63) is 30.5 Å². The van der Waals surface area contributed by atoms with Crippen molar-refractivity contribution in [2.24, 2.45) is 5.92 Å². The summed E-state index contributed by atoms with van der Waals surface area (Å²) in [6.07, 6.45) is 7.14. The van der Waals surface area contributed by atoms with Crippen molar-refractivity contribution >= 4 is 16.6 Å². The molecule has 2 atom stereocenters. The number of hydrogen-bond acceptors (Lipinski definition) is 3. The molecule has 94 valence electrons. The minimum absolute atomic E-state index is 0.575. The van der Waals surface area contributed by atoms with Gasteiger partial charge in [0.05, 0.1) is 17.4 Å². The summed E-state index contributed by atoms with van der Waals surface area (Å²) in [4.78, 5) is 0. The van der Waals surface area contributed by atoms with E-state index < -0.39 is 0 Å². The van der Waals surface area contributed by atoms with Crippen LogP contribution in [0.1, 0.15) is 32.6 Å². The third-order valence-corrected chi connectivity index (χ3v) is 4.00. The zero-order valence-corrected chi connectivity index (χ0v) is 10.8. The third kappa shape index (κ3) is 2.17. The van der Waals surface area contributed by atoms with Crippen LogP contribution >= 0.6 is 0 Å². The lowest BCUT2D eigenvalue weighted by atomic mass is 9.86. The van der Waals surface area contributed by atoms with Gasteiger partial charge in [0.25, 0.3) is 0 Å². The number of benzene rings is 1. The van der Waals surface area contributed by atoms with E-state index in [1.54, 1.807) is 0 Å². The van der Waals surface area contributed by atoms with Crippen LogP contribution in [-0.2, 0) is 0 Å². The van der Waals surface area contributed by atoms with Crippen LogP contribution < -0.4 is 5.32 Å². The average Bonchev–Trinajstić information content (AvgIpc) is 2.42. The Morgan fingerprint density at radius 2 is 2.00 bits per heavy atom. The van der Waals surface area contributed by atoms with E-state index in [9.17, 15) is 0 Å². The first-order chi connectivity index (χ1) is 8.84. The summed E-state index contributed by atoms with van der Waals surface area (Å²) in [6.45, 7) is 2.34. The van der Waals surface area contributed by atoms with Crippen LogP contribution in [0.25, 0.3) is 10.9 Å². The molecule has 0 saturated heterocycles. The molecular weight excluding hydrogens is 222 g/mol. The topological polar surface area (TPSA) is 37.8 Å². The standard InChI is InChI=1S/C15H19N3/c1-11-6-2-4-8-13(11)17-15-10-16-18-14-9-5-3-7-12(14)15/h3,5,7,9-11,13H,2,4,6,8H2,1H3,(H,17,18). The van der Waals surface area contributed by atoms with Gasteiger partial charge in [0, 0.05) is 11.4 Å². The maximum Gasteiger partial charge on any atom is 0.0950 e. The zero-order valence-electron chi connectivity index (χ0n) is 10.8. The lowest BCUT2D eigenvalue weighted by Gasteiger charge is -2.30. The molecule has 3 heteroatoms. The molecule has 2 unspecified atom stereocenters. The largest absolute Gasteiger partial charge is 0.380 e. The van der Waals surface area contributed by atoms with E-state index in [-0.39, 0.29) is 0 Å². The van der Waals surface area contributed by atoms with Crippen LogP contribution in [0.4, 0.5) is 5.69 Å². The number of nitrogens with zero attached hydrogens (tertiary/aromatic N) is 2. The highest BCUT2D eigenvalue weighted by Crippen LogP contribution is 2.28. The van der Waals surface area contributed by atoms with Crippen LogP contribution in [0.5, 0.6) is 0 Å². The number of rotatable bonds is 2. The van der Waals surface area contributed by atoms with Gasteiger partial charge < -0.3 is 5.32 Å². The monoisotopic (exact) mass is 241 g/mol. The van der Waals surface area contributed by atoms with Crippen molar-refractivity contribution in [1.29, 1.82) is 0 Å². The highest BCUT2D eigenvalue weighted by Gasteiger charge is 2.21. The summed E-state index contributed by atoms with van der Waals surface area (Å²) < 4.78 is 0. The Kier molecular flexibility index (Phi) is 3.13.